The van der Waals surface area contributed by atoms with Crippen LogP contribution in [0.2, 0.25) is 0 Å². The third-order valence-electron chi connectivity index (χ3n) is 4.82. The smallest absolute Gasteiger partial charge is 0.335 e. The van der Waals surface area contributed by atoms with Gasteiger partial charge in [-0.25, -0.2) is 4.79 Å². The predicted octanol–water partition coefficient (Wildman–Crippen LogP) is 1.79. The Morgan fingerprint density at radius 2 is 1.79 bits per heavy atom. The molecule has 3 rings (SSSR count). The highest BCUT2D eigenvalue weighted by Crippen LogP contribution is 2.22. The van der Waals surface area contributed by atoms with Gasteiger partial charge in [-0.15, -0.1) is 0 Å². The fourth-order valence-corrected chi connectivity index (χ4v) is 3.25. The van der Waals surface area contributed by atoms with E-state index in [1.165, 1.54) is 6.07 Å². The normalized spacial score (nSPS) is 14.6. The highest BCUT2D eigenvalue weighted by Gasteiger charge is 2.19. The SMILES string of the molecule is Nc1cc(C(=O)O)ccc1CNc1cccc(N2CCN(CC(=O)O)CC2)c1. The number of benzene rings is 2. The molecule has 0 bridgehead atoms. The van der Waals surface area contributed by atoms with Crippen LogP contribution in [0.25, 0.3) is 0 Å². The van der Waals surface area contributed by atoms with Crippen molar-refractivity contribution in [1.82, 2.24) is 4.90 Å². The molecule has 0 spiro atoms. The molecule has 28 heavy (non-hydrogen) atoms. The summed E-state index contributed by atoms with van der Waals surface area (Å²) < 4.78 is 0. The maximum absolute atomic E-state index is 11.0. The van der Waals surface area contributed by atoms with Crippen molar-refractivity contribution in [3.05, 3.63) is 53.6 Å². The van der Waals surface area contributed by atoms with E-state index in [1.807, 2.05) is 23.1 Å². The number of carboxylic acid groups (broad SMARTS) is 2. The zero-order chi connectivity index (χ0) is 20.1. The van der Waals surface area contributed by atoms with Crippen molar-refractivity contribution < 1.29 is 19.8 Å². The minimum Gasteiger partial charge on any atom is -0.480 e. The van der Waals surface area contributed by atoms with Gasteiger partial charge in [-0.2, -0.15) is 0 Å². The zero-order valence-electron chi connectivity index (χ0n) is 15.5. The molecule has 1 aliphatic rings. The Balaban J connectivity index is 1.60. The molecule has 5 N–H and O–H groups in total. The number of hydrogen-bond donors (Lipinski definition) is 4. The third kappa shape index (κ3) is 4.92. The zero-order valence-corrected chi connectivity index (χ0v) is 15.5. The number of nitrogens with one attached hydrogen (secondary N) is 1. The number of carboxylic acids is 2. The summed E-state index contributed by atoms with van der Waals surface area (Å²) in [5.74, 6) is -1.79. The Morgan fingerprint density at radius 3 is 2.43 bits per heavy atom. The highest BCUT2D eigenvalue weighted by atomic mass is 16.4. The van der Waals surface area contributed by atoms with Crippen molar-refractivity contribution in [2.45, 2.75) is 6.54 Å². The minimum atomic E-state index is -0.998. The van der Waals surface area contributed by atoms with Gasteiger partial charge in [-0.3, -0.25) is 9.69 Å². The summed E-state index contributed by atoms with van der Waals surface area (Å²) in [4.78, 5) is 26.0. The first-order valence-corrected chi connectivity index (χ1v) is 9.07. The van der Waals surface area contributed by atoms with E-state index in [0.29, 0.717) is 12.2 Å². The Hall–Kier alpha value is -3.26. The van der Waals surface area contributed by atoms with Gasteiger partial charge in [-0.1, -0.05) is 12.1 Å². The molecule has 0 amide bonds. The minimum absolute atomic E-state index is 0.0809. The molecule has 8 nitrogen and oxygen atoms in total. The quantitative estimate of drug-likeness (QED) is 0.534. The van der Waals surface area contributed by atoms with E-state index in [4.69, 9.17) is 15.9 Å². The van der Waals surface area contributed by atoms with Crippen LogP contribution in [0.5, 0.6) is 0 Å². The maximum atomic E-state index is 11.0. The molecule has 0 aromatic heterocycles. The van der Waals surface area contributed by atoms with Gasteiger partial charge >= 0.3 is 11.9 Å². The van der Waals surface area contributed by atoms with Gasteiger partial charge in [0.2, 0.25) is 0 Å². The number of anilines is 3. The first kappa shape index (κ1) is 19.5. The van der Waals surface area contributed by atoms with Gasteiger partial charge in [0.1, 0.15) is 0 Å². The molecule has 1 saturated heterocycles. The third-order valence-corrected chi connectivity index (χ3v) is 4.82. The number of carbonyl (C=O) groups is 2. The average Bonchev–Trinajstić information content (AvgIpc) is 2.67. The van der Waals surface area contributed by atoms with Crippen LogP contribution in [0.3, 0.4) is 0 Å². The van der Waals surface area contributed by atoms with Crippen LogP contribution in [0.1, 0.15) is 15.9 Å². The topological polar surface area (TPSA) is 119 Å². The van der Waals surface area contributed by atoms with E-state index >= 15 is 0 Å². The number of hydrogen-bond acceptors (Lipinski definition) is 6. The molecule has 2 aromatic rings. The second-order valence-electron chi connectivity index (χ2n) is 6.78. The van der Waals surface area contributed by atoms with E-state index in [-0.39, 0.29) is 12.1 Å². The molecule has 0 unspecified atom stereocenters. The monoisotopic (exact) mass is 384 g/mol. The van der Waals surface area contributed by atoms with Gasteiger partial charge in [0, 0.05) is 49.8 Å². The van der Waals surface area contributed by atoms with Crippen LogP contribution < -0.4 is 16.0 Å². The summed E-state index contributed by atoms with van der Waals surface area (Å²) in [6.07, 6.45) is 0. The summed E-state index contributed by atoms with van der Waals surface area (Å²) in [6, 6.07) is 12.7. The summed E-state index contributed by atoms with van der Waals surface area (Å²) in [6.45, 7) is 3.56. The summed E-state index contributed by atoms with van der Waals surface area (Å²) >= 11 is 0. The molecular formula is C20H24N4O4. The van der Waals surface area contributed by atoms with E-state index in [9.17, 15) is 9.59 Å². The lowest BCUT2D eigenvalue weighted by atomic mass is 10.1. The number of piperazine rings is 1. The standard InChI is InChI=1S/C20H24N4O4/c21-18-10-14(20(27)28)4-5-15(18)12-22-16-2-1-3-17(11-16)24-8-6-23(7-9-24)13-19(25)26/h1-5,10-11,22H,6-9,12-13,21H2,(H,25,26)(H,27,28). The first-order chi connectivity index (χ1) is 13.4. The van der Waals surface area contributed by atoms with Gasteiger partial charge in [0.15, 0.2) is 0 Å². The van der Waals surface area contributed by atoms with E-state index in [1.54, 1.807) is 12.1 Å². The van der Waals surface area contributed by atoms with Crippen LogP contribution in [-0.2, 0) is 11.3 Å². The molecule has 1 aliphatic heterocycles. The van der Waals surface area contributed by atoms with Crippen LogP contribution in [0.4, 0.5) is 17.1 Å². The lowest BCUT2D eigenvalue weighted by Gasteiger charge is -2.35. The number of nitrogens with two attached hydrogens (primary N) is 1. The summed E-state index contributed by atoms with van der Waals surface area (Å²) in [5, 5.41) is 21.2. The average molecular weight is 384 g/mol. The Labute approximate surface area is 163 Å². The van der Waals surface area contributed by atoms with Gasteiger partial charge < -0.3 is 26.2 Å². The van der Waals surface area contributed by atoms with E-state index in [0.717, 1.165) is 43.1 Å². The summed E-state index contributed by atoms with van der Waals surface area (Å²) in [7, 11) is 0. The van der Waals surface area contributed by atoms with Gasteiger partial charge in [0.05, 0.1) is 12.1 Å². The molecule has 2 aromatic carbocycles. The lowest BCUT2D eigenvalue weighted by Crippen LogP contribution is -2.48. The van der Waals surface area contributed by atoms with Gasteiger partial charge in [-0.05, 0) is 35.9 Å². The molecule has 0 aliphatic carbocycles. The second-order valence-corrected chi connectivity index (χ2v) is 6.78. The number of aromatic carboxylic acids is 1. The van der Waals surface area contributed by atoms with Crippen LogP contribution in [0.15, 0.2) is 42.5 Å². The second kappa shape index (κ2) is 8.62. The van der Waals surface area contributed by atoms with Crippen molar-refractivity contribution in [3.8, 4) is 0 Å². The molecular weight excluding hydrogens is 360 g/mol. The van der Waals surface area contributed by atoms with E-state index in [2.05, 4.69) is 16.3 Å². The van der Waals surface area contributed by atoms with Crippen molar-refractivity contribution >= 4 is 29.0 Å². The van der Waals surface area contributed by atoms with Crippen molar-refractivity contribution in [2.24, 2.45) is 0 Å². The predicted molar refractivity (Wildman–Crippen MR) is 108 cm³/mol. The molecule has 0 atom stereocenters. The molecule has 148 valence electrons. The van der Waals surface area contributed by atoms with Gasteiger partial charge in [0.25, 0.3) is 0 Å². The molecule has 1 fully saturated rings. The van der Waals surface area contributed by atoms with Crippen LogP contribution >= 0.6 is 0 Å². The Morgan fingerprint density at radius 1 is 1.04 bits per heavy atom. The lowest BCUT2D eigenvalue weighted by molar-refractivity contribution is -0.138. The number of nitrogens with zero attached hydrogens (tertiary/aromatic N) is 2. The van der Waals surface area contributed by atoms with Crippen molar-refractivity contribution in [3.63, 3.8) is 0 Å². The maximum Gasteiger partial charge on any atom is 0.335 e. The summed E-state index contributed by atoms with van der Waals surface area (Å²) in [5.41, 5.74) is 9.42. The Bertz CT molecular complexity index is 863. The number of aliphatic carboxylic acids is 1. The number of rotatable bonds is 7. The highest BCUT2D eigenvalue weighted by molar-refractivity contribution is 5.89. The number of nitrogen functional groups attached to an aromatic ring is 1. The largest absolute Gasteiger partial charge is 0.480 e. The molecule has 0 radical (unpaired) electrons. The Kier molecular flexibility index (Phi) is 6.00. The molecule has 8 heteroatoms. The van der Waals surface area contributed by atoms with Crippen molar-refractivity contribution in [1.29, 1.82) is 0 Å². The fourth-order valence-electron chi connectivity index (χ4n) is 3.25. The van der Waals surface area contributed by atoms with E-state index < -0.39 is 11.9 Å². The van der Waals surface area contributed by atoms with Crippen molar-refractivity contribution in [2.75, 3.05) is 48.7 Å². The first-order valence-electron chi connectivity index (χ1n) is 9.07. The fraction of sp³-hybridized carbons (Fsp3) is 0.300. The molecule has 1 heterocycles. The van der Waals surface area contributed by atoms with Crippen LogP contribution in [-0.4, -0.2) is 59.8 Å². The molecule has 0 saturated carbocycles. The van der Waals surface area contributed by atoms with Crippen LogP contribution in [0, 0.1) is 0 Å².